The molecular formula is C19H22FN3O2. The Morgan fingerprint density at radius 3 is 3.04 bits per heavy atom. The first-order valence-electron chi connectivity index (χ1n) is 8.46. The van der Waals surface area contributed by atoms with Gasteiger partial charge in [0, 0.05) is 18.7 Å². The fourth-order valence-corrected chi connectivity index (χ4v) is 3.12. The van der Waals surface area contributed by atoms with Crippen LogP contribution in [0.5, 0.6) is 0 Å². The van der Waals surface area contributed by atoms with Crippen LogP contribution in [0, 0.1) is 12.7 Å². The molecule has 2 N–H and O–H groups in total. The lowest BCUT2D eigenvalue weighted by molar-refractivity contribution is 0.0672. The number of hydrogen-bond acceptors (Lipinski definition) is 4. The van der Waals surface area contributed by atoms with Gasteiger partial charge in [0.15, 0.2) is 0 Å². The van der Waals surface area contributed by atoms with Gasteiger partial charge in [-0.3, -0.25) is 4.79 Å². The number of nitrogens with zero attached hydrogens (tertiary/aromatic N) is 2. The molecule has 5 nitrogen and oxygen atoms in total. The van der Waals surface area contributed by atoms with Gasteiger partial charge >= 0.3 is 0 Å². The van der Waals surface area contributed by atoms with E-state index in [0.29, 0.717) is 30.2 Å². The number of amides is 1. The molecule has 0 saturated carbocycles. The minimum Gasteiger partial charge on any atom is -0.394 e. The lowest BCUT2D eigenvalue weighted by atomic mass is 10.1. The number of rotatable bonds is 5. The van der Waals surface area contributed by atoms with E-state index in [0.717, 1.165) is 18.4 Å². The molecule has 1 fully saturated rings. The molecule has 2 heterocycles. The van der Waals surface area contributed by atoms with Crippen LogP contribution in [-0.2, 0) is 6.54 Å². The lowest BCUT2D eigenvalue weighted by Gasteiger charge is -2.22. The molecule has 1 aliphatic heterocycles. The molecule has 1 aromatic heterocycles. The van der Waals surface area contributed by atoms with E-state index in [2.05, 4.69) is 10.3 Å². The van der Waals surface area contributed by atoms with Gasteiger partial charge in [-0.15, -0.1) is 0 Å². The molecule has 0 bridgehead atoms. The fourth-order valence-electron chi connectivity index (χ4n) is 3.12. The molecule has 1 atom stereocenters. The maximum Gasteiger partial charge on any atom is 0.272 e. The molecule has 1 aliphatic rings. The molecule has 3 rings (SSSR count). The van der Waals surface area contributed by atoms with Crippen molar-refractivity contribution in [1.82, 2.24) is 9.88 Å². The second-order valence-electron chi connectivity index (χ2n) is 6.33. The SMILES string of the molecule is Cc1ccc(F)c(CNc2cccc(C(=O)N3CCCC3CO)n2)c1. The second-order valence-corrected chi connectivity index (χ2v) is 6.33. The summed E-state index contributed by atoms with van der Waals surface area (Å²) in [5, 5.41) is 12.5. The summed E-state index contributed by atoms with van der Waals surface area (Å²) < 4.78 is 13.8. The fraction of sp³-hybridized carbons (Fsp3) is 0.368. The molecule has 1 unspecified atom stereocenters. The summed E-state index contributed by atoms with van der Waals surface area (Å²) in [7, 11) is 0. The topological polar surface area (TPSA) is 65.5 Å². The Morgan fingerprint density at radius 2 is 2.24 bits per heavy atom. The Labute approximate surface area is 146 Å². The van der Waals surface area contributed by atoms with Gasteiger partial charge in [-0.2, -0.15) is 0 Å². The van der Waals surface area contributed by atoms with E-state index in [4.69, 9.17) is 0 Å². The molecule has 0 aliphatic carbocycles. The highest BCUT2D eigenvalue weighted by atomic mass is 19.1. The van der Waals surface area contributed by atoms with E-state index < -0.39 is 0 Å². The highest BCUT2D eigenvalue weighted by Gasteiger charge is 2.29. The predicted molar refractivity (Wildman–Crippen MR) is 93.8 cm³/mol. The molecule has 25 heavy (non-hydrogen) atoms. The quantitative estimate of drug-likeness (QED) is 0.876. The van der Waals surface area contributed by atoms with Crippen molar-refractivity contribution >= 4 is 11.7 Å². The number of hydrogen-bond donors (Lipinski definition) is 2. The minimum atomic E-state index is -0.270. The minimum absolute atomic E-state index is 0.0314. The van der Waals surface area contributed by atoms with Crippen LogP contribution in [0.2, 0.25) is 0 Å². The normalized spacial score (nSPS) is 16.9. The third-order valence-electron chi connectivity index (χ3n) is 4.48. The van der Waals surface area contributed by atoms with Gasteiger partial charge in [0.25, 0.3) is 5.91 Å². The summed E-state index contributed by atoms with van der Waals surface area (Å²) in [6, 6.07) is 9.98. The summed E-state index contributed by atoms with van der Waals surface area (Å²) in [6.07, 6.45) is 1.70. The van der Waals surface area contributed by atoms with Crippen LogP contribution < -0.4 is 5.32 Å². The Hall–Kier alpha value is -2.47. The summed E-state index contributed by atoms with van der Waals surface area (Å²) in [5.41, 5.74) is 1.87. The smallest absolute Gasteiger partial charge is 0.272 e. The standard InChI is InChI=1S/C19H22FN3O2/c1-13-7-8-16(20)14(10-13)11-21-18-6-2-5-17(22-18)19(25)23-9-3-4-15(23)12-24/h2,5-8,10,15,24H,3-4,9,11-12H2,1H3,(H,21,22). The third-order valence-corrected chi connectivity index (χ3v) is 4.48. The zero-order chi connectivity index (χ0) is 17.8. The van der Waals surface area contributed by atoms with Gasteiger partial charge < -0.3 is 15.3 Å². The number of carbonyl (C=O) groups is 1. The first-order valence-corrected chi connectivity index (χ1v) is 8.46. The van der Waals surface area contributed by atoms with E-state index in [1.807, 2.05) is 6.92 Å². The van der Waals surface area contributed by atoms with E-state index in [1.54, 1.807) is 35.2 Å². The summed E-state index contributed by atoms with van der Waals surface area (Å²) in [4.78, 5) is 18.6. The van der Waals surface area contributed by atoms with Crippen molar-refractivity contribution in [2.24, 2.45) is 0 Å². The van der Waals surface area contributed by atoms with Crippen molar-refractivity contribution in [3.05, 3.63) is 59.0 Å². The molecular weight excluding hydrogens is 321 g/mol. The van der Waals surface area contributed by atoms with Crippen LogP contribution in [0.15, 0.2) is 36.4 Å². The molecule has 1 amide bonds. The molecule has 0 radical (unpaired) electrons. The summed E-state index contributed by atoms with van der Waals surface area (Å²) in [5.74, 6) is 0.0709. The number of halogens is 1. The van der Waals surface area contributed by atoms with E-state index in [9.17, 15) is 14.3 Å². The first kappa shape index (κ1) is 17.4. The van der Waals surface area contributed by atoms with Crippen molar-refractivity contribution < 1.29 is 14.3 Å². The van der Waals surface area contributed by atoms with Crippen LogP contribution in [0.4, 0.5) is 10.2 Å². The van der Waals surface area contributed by atoms with Crippen molar-refractivity contribution in [2.45, 2.75) is 32.4 Å². The zero-order valence-corrected chi connectivity index (χ0v) is 14.2. The number of aryl methyl sites for hydroxylation is 1. The van der Waals surface area contributed by atoms with E-state index in [1.165, 1.54) is 6.07 Å². The second kappa shape index (κ2) is 7.61. The van der Waals surface area contributed by atoms with Crippen LogP contribution in [0.25, 0.3) is 0 Å². The van der Waals surface area contributed by atoms with Crippen LogP contribution in [0.3, 0.4) is 0 Å². The third kappa shape index (κ3) is 3.96. The van der Waals surface area contributed by atoms with Gasteiger partial charge in [0.2, 0.25) is 0 Å². The van der Waals surface area contributed by atoms with Crippen LogP contribution in [-0.4, -0.2) is 40.1 Å². The molecule has 132 valence electrons. The summed E-state index contributed by atoms with van der Waals surface area (Å²) in [6.45, 7) is 2.81. The molecule has 1 aromatic carbocycles. The number of pyridine rings is 1. The highest BCUT2D eigenvalue weighted by Crippen LogP contribution is 2.20. The average molecular weight is 343 g/mol. The number of likely N-dealkylation sites (tertiary alicyclic amines) is 1. The maximum atomic E-state index is 13.8. The Bertz CT molecular complexity index is 766. The van der Waals surface area contributed by atoms with Crippen molar-refractivity contribution in [2.75, 3.05) is 18.5 Å². The van der Waals surface area contributed by atoms with E-state index in [-0.39, 0.29) is 24.4 Å². The number of aliphatic hydroxyl groups is 1. The van der Waals surface area contributed by atoms with Crippen molar-refractivity contribution in [3.63, 3.8) is 0 Å². The first-order chi connectivity index (χ1) is 12.1. The van der Waals surface area contributed by atoms with E-state index >= 15 is 0 Å². The number of aliphatic hydroxyl groups excluding tert-OH is 1. The van der Waals surface area contributed by atoms with Crippen molar-refractivity contribution in [1.29, 1.82) is 0 Å². The predicted octanol–water partition coefficient (Wildman–Crippen LogP) is 2.74. The Kier molecular flexibility index (Phi) is 5.28. The van der Waals surface area contributed by atoms with Crippen LogP contribution >= 0.6 is 0 Å². The van der Waals surface area contributed by atoms with Crippen LogP contribution in [0.1, 0.15) is 34.5 Å². The highest BCUT2D eigenvalue weighted by molar-refractivity contribution is 5.93. The Balaban J connectivity index is 1.71. The number of aromatic nitrogens is 1. The average Bonchev–Trinajstić information content (AvgIpc) is 3.11. The largest absolute Gasteiger partial charge is 0.394 e. The Morgan fingerprint density at radius 1 is 1.40 bits per heavy atom. The van der Waals surface area contributed by atoms with Gasteiger partial charge in [-0.05, 0) is 38.0 Å². The van der Waals surface area contributed by atoms with Gasteiger partial charge in [-0.1, -0.05) is 23.8 Å². The van der Waals surface area contributed by atoms with Crippen molar-refractivity contribution in [3.8, 4) is 0 Å². The molecule has 6 heteroatoms. The molecule has 0 spiro atoms. The number of carbonyl (C=O) groups excluding carboxylic acids is 1. The number of nitrogens with one attached hydrogen (secondary N) is 1. The maximum absolute atomic E-state index is 13.8. The monoisotopic (exact) mass is 343 g/mol. The summed E-state index contributed by atoms with van der Waals surface area (Å²) >= 11 is 0. The lowest BCUT2D eigenvalue weighted by Crippen LogP contribution is -2.38. The zero-order valence-electron chi connectivity index (χ0n) is 14.2. The van der Waals surface area contributed by atoms with Gasteiger partial charge in [0.1, 0.15) is 17.3 Å². The number of benzene rings is 1. The molecule has 2 aromatic rings. The van der Waals surface area contributed by atoms with Gasteiger partial charge in [0.05, 0.1) is 12.6 Å². The molecule has 1 saturated heterocycles. The van der Waals surface area contributed by atoms with Gasteiger partial charge in [-0.25, -0.2) is 9.37 Å². The number of anilines is 1.